The number of thiocarbonyl (C=S) groups is 1. The zero-order valence-electron chi connectivity index (χ0n) is 11.5. The first kappa shape index (κ1) is 15.4. The standard InChI is InChI=1S/C15H19BrN2OS/c1-10-6-2-5-9-13(10)17-15(20)18-14(19)11-7-3-4-8-12(11)16/h3-4,7-8,10,13H,2,5-6,9H2,1H3,(H2,17,18,19,20)/t10-,13-/m1/s1. The van der Waals surface area contributed by atoms with Gasteiger partial charge in [-0.25, -0.2) is 0 Å². The van der Waals surface area contributed by atoms with E-state index in [4.69, 9.17) is 12.2 Å². The van der Waals surface area contributed by atoms with E-state index >= 15 is 0 Å². The molecule has 0 aliphatic heterocycles. The van der Waals surface area contributed by atoms with Crippen LogP contribution in [0.1, 0.15) is 43.0 Å². The summed E-state index contributed by atoms with van der Waals surface area (Å²) in [4.78, 5) is 12.1. The van der Waals surface area contributed by atoms with E-state index in [0.29, 0.717) is 22.6 Å². The summed E-state index contributed by atoms with van der Waals surface area (Å²) in [6, 6.07) is 7.69. The molecule has 20 heavy (non-hydrogen) atoms. The van der Waals surface area contributed by atoms with Gasteiger partial charge in [-0.2, -0.15) is 0 Å². The predicted octanol–water partition coefficient (Wildman–Crippen LogP) is 3.63. The second-order valence-electron chi connectivity index (χ2n) is 5.28. The lowest BCUT2D eigenvalue weighted by atomic mass is 9.86. The largest absolute Gasteiger partial charge is 0.359 e. The van der Waals surface area contributed by atoms with Crippen LogP contribution in [0.25, 0.3) is 0 Å². The summed E-state index contributed by atoms with van der Waals surface area (Å²) >= 11 is 8.62. The van der Waals surface area contributed by atoms with Crippen molar-refractivity contribution < 1.29 is 4.79 Å². The summed E-state index contributed by atoms with van der Waals surface area (Å²) in [7, 11) is 0. The van der Waals surface area contributed by atoms with E-state index in [9.17, 15) is 4.79 Å². The highest BCUT2D eigenvalue weighted by molar-refractivity contribution is 9.10. The molecule has 0 aromatic heterocycles. The predicted molar refractivity (Wildman–Crippen MR) is 88.8 cm³/mol. The Hall–Kier alpha value is -0.940. The van der Waals surface area contributed by atoms with Gasteiger partial charge < -0.3 is 5.32 Å². The van der Waals surface area contributed by atoms with Gasteiger partial charge >= 0.3 is 0 Å². The summed E-state index contributed by atoms with van der Waals surface area (Å²) in [6.45, 7) is 2.23. The van der Waals surface area contributed by atoms with Gasteiger partial charge in [-0.15, -0.1) is 0 Å². The molecular formula is C15H19BrN2OS. The molecule has 0 unspecified atom stereocenters. The van der Waals surface area contributed by atoms with Crippen LogP contribution in [0.5, 0.6) is 0 Å². The summed E-state index contributed by atoms with van der Waals surface area (Å²) < 4.78 is 0.770. The summed E-state index contributed by atoms with van der Waals surface area (Å²) in [6.07, 6.45) is 4.85. The van der Waals surface area contributed by atoms with Crippen LogP contribution < -0.4 is 10.6 Å². The Kier molecular flexibility index (Phi) is 5.54. The summed E-state index contributed by atoms with van der Waals surface area (Å²) in [5.74, 6) is 0.417. The molecule has 1 aromatic carbocycles. The highest BCUT2D eigenvalue weighted by atomic mass is 79.9. The monoisotopic (exact) mass is 354 g/mol. The molecule has 1 aromatic rings. The third-order valence-electron chi connectivity index (χ3n) is 3.77. The molecule has 0 spiro atoms. The average molecular weight is 355 g/mol. The van der Waals surface area contributed by atoms with Crippen molar-refractivity contribution in [3.8, 4) is 0 Å². The number of hydrogen-bond acceptors (Lipinski definition) is 2. The zero-order valence-corrected chi connectivity index (χ0v) is 13.9. The van der Waals surface area contributed by atoms with Gasteiger partial charge in [-0.1, -0.05) is 31.9 Å². The van der Waals surface area contributed by atoms with Crippen LogP contribution in [-0.2, 0) is 0 Å². The van der Waals surface area contributed by atoms with Crippen LogP contribution in [0.2, 0.25) is 0 Å². The van der Waals surface area contributed by atoms with Crippen molar-refractivity contribution in [2.75, 3.05) is 0 Å². The lowest BCUT2D eigenvalue weighted by molar-refractivity contribution is 0.0975. The fraction of sp³-hybridized carbons (Fsp3) is 0.467. The first-order chi connectivity index (χ1) is 9.58. The Balaban J connectivity index is 1.91. The Labute approximate surface area is 133 Å². The summed E-state index contributed by atoms with van der Waals surface area (Å²) in [5, 5.41) is 6.45. The van der Waals surface area contributed by atoms with Gasteiger partial charge in [-0.05, 0) is 59.0 Å². The highest BCUT2D eigenvalue weighted by Crippen LogP contribution is 2.23. The molecule has 2 atom stereocenters. The maximum absolute atomic E-state index is 12.1. The van der Waals surface area contributed by atoms with Crippen molar-refractivity contribution in [2.45, 2.75) is 38.6 Å². The van der Waals surface area contributed by atoms with Crippen LogP contribution in [0, 0.1) is 5.92 Å². The average Bonchev–Trinajstić information content (AvgIpc) is 2.41. The SMILES string of the molecule is C[C@@H]1CCCC[C@H]1NC(=S)NC(=O)c1ccccc1Br. The second-order valence-corrected chi connectivity index (χ2v) is 6.54. The number of rotatable bonds is 2. The molecule has 0 bridgehead atoms. The molecule has 1 amide bonds. The van der Waals surface area contributed by atoms with Crippen molar-refractivity contribution in [3.63, 3.8) is 0 Å². The second kappa shape index (κ2) is 7.18. The van der Waals surface area contributed by atoms with Crippen LogP contribution >= 0.6 is 28.1 Å². The lowest BCUT2D eigenvalue weighted by Gasteiger charge is -2.30. The molecule has 3 nitrogen and oxygen atoms in total. The number of nitrogens with one attached hydrogen (secondary N) is 2. The Morgan fingerprint density at radius 3 is 2.70 bits per heavy atom. The summed E-state index contributed by atoms with van der Waals surface area (Å²) in [5.41, 5.74) is 0.591. The van der Waals surface area contributed by atoms with Gasteiger partial charge in [0.1, 0.15) is 0 Å². The first-order valence-electron chi connectivity index (χ1n) is 6.94. The van der Waals surface area contributed by atoms with E-state index in [1.807, 2.05) is 18.2 Å². The van der Waals surface area contributed by atoms with E-state index < -0.39 is 0 Å². The van der Waals surface area contributed by atoms with Crippen molar-refractivity contribution in [3.05, 3.63) is 34.3 Å². The molecular weight excluding hydrogens is 336 g/mol. The van der Waals surface area contributed by atoms with E-state index in [1.165, 1.54) is 19.3 Å². The maximum atomic E-state index is 12.1. The molecule has 5 heteroatoms. The molecule has 0 radical (unpaired) electrons. The van der Waals surface area contributed by atoms with Crippen LogP contribution in [0.15, 0.2) is 28.7 Å². The van der Waals surface area contributed by atoms with Crippen molar-refractivity contribution >= 4 is 39.2 Å². The number of carbonyl (C=O) groups is 1. The van der Waals surface area contributed by atoms with Crippen LogP contribution in [-0.4, -0.2) is 17.1 Å². The Bertz CT molecular complexity index is 506. The lowest BCUT2D eigenvalue weighted by Crippen LogP contribution is -2.47. The van der Waals surface area contributed by atoms with E-state index in [1.54, 1.807) is 6.07 Å². The smallest absolute Gasteiger partial charge is 0.258 e. The van der Waals surface area contributed by atoms with Crippen LogP contribution in [0.4, 0.5) is 0 Å². The number of halogens is 1. The fourth-order valence-electron chi connectivity index (χ4n) is 2.55. The first-order valence-corrected chi connectivity index (χ1v) is 8.14. The zero-order chi connectivity index (χ0) is 14.5. The molecule has 2 N–H and O–H groups in total. The molecule has 1 aliphatic carbocycles. The third kappa shape index (κ3) is 4.03. The Morgan fingerprint density at radius 2 is 2.00 bits per heavy atom. The molecule has 0 saturated heterocycles. The molecule has 0 heterocycles. The number of carbonyl (C=O) groups excluding carboxylic acids is 1. The number of benzene rings is 1. The quantitative estimate of drug-likeness (QED) is 0.796. The minimum Gasteiger partial charge on any atom is -0.359 e. The van der Waals surface area contributed by atoms with Gasteiger partial charge in [0.25, 0.3) is 5.91 Å². The maximum Gasteiger partial charge on any atom is 0.258 e. The van der Waals surface area contributed by atoms with Gasteiger partial charge in [0.05, 0.1) is 5.56 Å². The van der Waals surface area contributed by atoms with Crippen LogP contribution in [0.3, 0.4) is 0 Å². The molecule has 1 aliphatic rings. The Morgan fingerprint density at radius 1 is 1.30 bits per heavy atom. The minimum atomic E-state index is -0.182. The van der Waals surface area contributed by atoms with Crippen molar-refractivity contribution in [1.29, 1.82) is 0 Å². The highest BCUT2D eigenvalue weighted by Gasteiger charge is 2.22. The van der Waals surface area contributed by atoms with E-state index in [-0.39, 0.29) is 5.91 Å². The third-order valence-corrected chi connectivity index (χ3v) is 4.68. The van der Waals surface area contributed by atoms with Gasteiger partial charge in [0.15, 0.2) is 5.11 Å². The topological polar surface area (TPSA) is 41.1 Å². The molecule has 2 rings (SSSR count). The number of amides is 1. The van der Waals surface area contributed by atoms with E-state index in [2.05, 4.69) is 33.5 Å². The van der Waals surface area contributed by atoms with E-state index in [0.717, 1.165) is 10.9 Å². The molecule has 1 fully saturated rings. The number of hydrogen-bond donors (Lipinski definition) is 2. The van der Waals surface area contributed by atoms with Crippen molar-refractivity contribution in [1.82, 2.24) is 10.6 Å². The fourth-order valence-corrected chi connectivity index (χ4v) is 3.26. The molecule has 108 valence electrons. The van der Waals surface area contributed by atoms with Crippen molar-refractivity contribution in [2.24, 2.45) is 5.92 Å². The molecule has 1 saturated carbocycles. The normalized spacial score (nSPS) is 22.1. The van der Waals surface area contributed by atoms with Gasteiger partial charge in [-0.3, -0.25) is 10.1 Å². The van der Waals surface area contributed by atoms with Gasteiger partial charge in [0.2, 0.25) is 0 Å². The van der Waals surface area contributed by atoms with Gasteiger partial charge in [0, 0.05) is 10.5 Å². The minimum absolute atomic E-state index is 0.182.